The lowest BCUT2D eigenvalue weighted by molar-refractivity contribution is 0.102. The molecule has 6 nitrogen and oxygen atoms in total. The molecule has 0 bridgehead atoms. The van der Waals surface area contributed by atoms with Crippen molar-refractivity contribution in [2.24, 2.45) is 0 Å². The number of fused-ring (bicyclic) bond motifs is 1. The first-order valence-corrected chi connectivity index (χ1v) is 6.34. The molecule has 6 heteroatoms. The first-order valence-electron chi connectivity index (χ1n) is 6.34. The second-order valence-corrected chi connectivity index (χ2v) is 4.60. The zero-order valence-electron chi connectivity index (χ0n) is 11.3. The lowest BCUT2D eigenvalue weighted by atomic mass is 10.2. The van der Waals surface area contributed by atoms with Crippen molar-refractivity contribution in [2.75, 3.05) is 5.32 Å². The predicted octanol–water partition coefficient (Wildman–Crippen LogP) is 1.65. The van der Waals surface area contributed by atoms with Crippen molar-refractivity contribution < 1.29 is 4.79 Å². The summed E-state index contributed by atoms with van der Waals surface area (Å²) in [6, 6.07) is 6.89. The zero-order chi connectivity index (χ0) is 14.8. The van der Waals surface area contributed by atoms with Crippen LogP contribution in [0.25, 0.3) is 5.65 Å². The van der Waals surface area contributed by atoms with Crippen LogP contribution in [0.5, 0.6) is 0 Å². The van der Waals surface area contributed by atoms with Gasteiger partial charge in [0.1, 0.15) is 11.2 Å². The average Bonchev–Trinajstić information content (AvgIpc) is 2.49. The molecule has 0 saturated carbocycles. The largest absolute Gasteiger partial charge is 0.322 e. The fourth-order valence-electron chi connectivity index (χ4n) is 1.97. The molecule has 3 rings (SSSR count). The number of aryl methyl sites for hydroxylation is 1. The Morgan fingerprint density at radius 2 is 1.95 bits per heavy atom. The van der Waals surface area contributed by atoms with Crippen molar-refractivity contribution in [2.45, 2.75) is 6.92 Å². The maximum atomic E-state index is 12.4. The van der Waals surface area contributed by atoms with E-state index in [9.17, 15) is 9.59 Å². The van der Waals surface area contributed by atoms with E-state index in [0.717, 1.165) is 5.56 Å². The third-order valence-electron chi connectivity index (χ3n) is 3.03. The van der Waals surface area contributed by atoms with Gasteiger partial charge >= 0.3 is 0 Å². The van der Waals surface area contributed by atoms with Crippen LogP contribution in [0, 0.1) is 6.92 Å². The molecule has 21 heavy (non-hydrogen) atoms. The third-order valence-corrected chi connectivity index (χ3v) is 3.03. The molecule has 0 aliphatic carbocycles. The Labute approximate surface area is 120 Å². The summed E-state index contributed by atoms with van der Waals surface area (Å²) >= 11 is 0. The minimum absolute atomic E-state index is 0.00471. The molecule has 0 aliphatic rings. The van der Waals surface area contributed by atoms with Gasteiger partial charge in [-0.15, -0.1) is 0 Å². The average molecular weight is 280 g/mol. The van der Waals surface area contributed by atoms with Crippen LogP contribution < -0.4 is 10.9 Å². The van der Waals surface area contributed by atoms with E-state index in [-0.39, 0.29) is 5.56 Å². The highest BCUT2D eigenvalue weighted by Gasteiger charge is 2.13. The number of amides is 1. The number of nitrogens with zero attached hydrogens (tertiary/aromatic N) is 3. The van der Waals surface area contributed by atoms with Gasteiger partial charge in [-0.2, -0.15) is 0 Å². The van der Waals surface area contributed by atoms with E-state index >= 15 is 0 Å². The van der Waals surface area contributed by atoms with Crippen LogP contribution in [0.2, 0.25) is 0 Å². The van der Waals surface area contributed by atoms with Crippen LogP contribution >= 0.6 is 0 Å². The smallest absolute Gasteiger partial charge is 0.270 e. The summed E-state index contributed by atoms with van der Waals surface area (Å²) in [5.41, 5.74) is 1.60. The summed E-state index contributed by atoms with van der Waals surface area (Å²) in [6.45, 7) is 1.87. The summed E-state index contributed by atoms with van der Waals surface area (Å²) in [6.07, 6.45) is 6.08. The number of anilines is 1. The first kappa shape index (κ1) is 13.0. The summed E-state index contributed by atoms with van der Waals surface area (Å²) in [7, 11) is 0. The van der Waals surface area contributed by atoms with Crippen LogP contribution in [0.4, 0.5) is 5.69 Å². The second kappa shape index (κ2) is 5.16. The molecule has 0 spiro atoms. The normalized spacial score (nSPS) is 10.5. The highest BCUT2D eigenvalue weighted by atomic mass is 16.2. The first-order chi connectivity index (χ1) is 10.1. The van der Waals surface area contributed by atoms with Crippen molar-refractivity contribution in [3.8, 4) is 0 Å². The molecule has 3 heterocycles. The van der Waals surface area contributed by atoms with Gasteiger partial charge in [-0.05, 0) is 30.7 Å². The molecule has 104 valence electrons. The van der Waals surface area contributed by atoms with Gasteiger partial charge in [-0.25, -0.2) is 4.98 Å². The fraction of sp³-hybridized carbons (Fsp3) is 0.0667. The highest BCUT2D eigenvalue weighted by Crippen LogP contribution is 2.06. The molecule has 1 amide bonds. The number of carbonyl (C=O) groups is 1. The van der Waals surface area contributed by atoms with Crippen LogP contribution in [0.1, 0.15) is 15.9 Å². The number of nitrogens with one attached hydrogen (secondary N) is 1. The van der Waals surface area contributed by atoms with Crippen LogP contribution in [-0.4, -0.2) is 20.3 Å². The molecule has 0 fully saturated rings. The molecule has 0 atom stereocenters. The molecule has 0 unspecified atom stereocenters. The van der Waals surface area contributed by atoms with E-state index in [4.69, 9.17) is 0 Å². The van der Waals surface area contributed by atoms with Gasteiger partial charge in [0, 0.05) is 30.5 Å². The zero-order valence-corrected chi connectivity index (χ0v) is 11.3. The van der Waals surface area contributed by atoms with Crippen molar-refractivity contribution in [3.05, 3.63) is 70.5 Å². The third kappa shape index (κ3) is 2.51. The second-order valence-electron chi connectivity index (χ2n) is 4.60. The minimum atomic E-state index is -0.491. The van der Waals surface area contributed by atoms with Crippen molar-refractivity contribution in [1.82, 2.24) is 14.4 Å². The topological polar surface area (TPSA) is 76.4 Å². The molecular weight excluding hydrogens is 268 g/mol. The van der Waals surface area contributed by atoms with Gasteiger partial charge in [-0.1, -0.05) is 6.07 Å². The maximum Gasteiger partial charge on any atom is 0.270 e. The molecule has 0 radical (unpaired) electrons. The van der Waals surface area contributed by atoms with E-state index in [1.54, 1.807) is 36.8 Å². The number of rotatable bonds is 2. The summed E-state index contributed by atoms with van der Waals surface area (Å²) in [5, 5.41) is 2.65. The molecule has 1 N–H and O–H groups in total. The molecule has 0 saturated heterocycles. The van der Waals surface area contributed by atoms with E-state index < -0.39 is 11.5 Å². The SMILES string of the molecule is Cc1ccc2ncc(C(=O)Nc3ccncc3)c(=O)n2c1. The number of aromatic nitrogens is 3. The van der Waals surface area contributed by atoms with E-state index in [2.05, 4.69) is 15.3 Å². The number of hydrogen-bond donors (Lipinski definition) is 1. The minimum Gasteiger partial charge on any atom is -0.322 e. The fourth-order valence-corrected chi connectivity index (χ4v) is 1.97. The van der Waals surface area contributed by atoms with Crippen LogP contribution in [0.3, 0.4) is 0 Å². The van der Waals surface area contributed by atoms with Crippen molar-refractivity contribution in [1.29, 1.82) is 0 Å². The Morgan fingerprint density at radius 1 is 1.19 bits per heavy atom. The Kier molecular flexibility index (Phi) is 3.19. The molecular formula is C15H12N4O2. The van der Waals surface area contributed by atoms with Gasteiger partial charge in [0.05, 0.1) is 0 Å². The Morgan fingerprint density at radius 3 is 2.71 bits per heavy atom. The number of pyridine rings is 2. The summed E-state index contributed by atoms with van der Waals surface area (Å²) < 4.78 is 1.37. The predicted molar refractivity (Wildman–Crippen MR) is 78.4 cm³/mol. The molecule has 0 aliphatic heterocycles. The van der Waals surface area contributed by atoms with E-state index in [0.29, 0.717) is 11.3 Å². The summed E-state index contributed by atoms with van der Waals surface area (Å²) in [4.78, 5) is 32.5. The molecule has 3 aromatic heterocycles. The Hall–Kier alpha value is -3.02. The standard InChI is InChI=1S/C15H12N4O2/c1-10-2-3-13-17-8-12(15(21)19(13)9-10)14(20)18-11-4-6-16-7-5-11/h2-9H,1H3,(H,16,18,20). The number of hydrogen-bond acceptors (Lipinski definition) is 4. The van der Waals surface area contributed by atoms with E-state index in [1.807, 2.05) is 13.0 Å². The maximum absolute atomic E-state index is 12.4. The Bertz CT molecular complexity index is 872. The van der Waals surface area contributed by atoms with E-state index in [1.165, 1.54) is 10.6 Å². The number of carbonyl (C=O) groups excluding carboxylic acids is 1. The van der Waals surface area contributed by atoms with Crippen LogP contribution in [0.15, 0.2) is 53.8 Å². The van der Waals surface area contributed by atoms with Crippen molar-refractivity contribution in [3.63, 3.8) is 0 Å². The van der Waals surface area contributed by atoms with Gasteiger partial charge in [0.15, 0.2) is 0 Å². The van der Waals surface area contributed by atoms with Gasteiger partial charge < -0.3 is 5.32 Å². The van der Waals surface area contributed by atoms with Crippen molar-refractivity contribution >= 4 is 17.2 Å². The van der Waals surface area contributed by atoms with Gasteiger partial charge in [-0.3, -0.25) is 19.0 Å². The monoisotopic (exact) mass is 280 g/mol. The lowest BCUT2D eigenvalue weighted by Gasteiger charge is -2.06. The summed E-state index contributed by atoms with van der Waals surface area (Å²) in [5.74, 6) is -0.491. The van der Waals surface area contributed by atoms with Gasteiger partial charge in [0.25, 0.3) is 11.5 Å². The lowest BCUT2D eigenvalue weighted by Crippen LogP contribution is -2.26. The highest BCUT2D eigenvalue weighted by molar-refractivity contribution is 6.03. The van der Waals surface area contributed by atoms with Crippen LogP contribution in [-0.2, 0) is 0 Å². The molecule has 0 aromatic carbocycles. The molecule has 3 aromatic rings. The van der Waals surface area contributed by atoms with Gasteiger partial charge in [0.2, 0.25) is 0 Å². The quantitative estimate of drug-likeness (QED) is 0.774. The Balaban J connectivity index is 2.02.